The number of hydrogen-bond acceptors (Lipinski definition) is 4. The van der Waals surface area contributed by atoms with E-state index in [9.17, 15) is 14.4 Å². The number of carbonyl (C=O) groups is 3. The van der Waals surface area contributed by atoms with E-state index in [1.165, 1.54) is 6.92 Å². The highest BCUT2D eigenvalue weighted by Crippen LogP contribution is 2.09. The zero-order chi connectivity index (χ0) is 16.0. The van der Waals surface area contributed by atoms with Gasteiger partial charge in [-0.25, -0.2) is 0 Å². The van der Waals surface area contributed by atoms with Crippen LogP contribution in [0.2, 0.25) is 0 Å². The fourth-order valence-electron chi connectivity index (χ4n) is 2.26. The molecule has 1 aliphatic rings. The zero-order valence-electron chi connectivity index (χ0n) is 12.8. The predicted octanol–water partition coefficient (Wildman–Crippen LogP) is -0.141. The summed E-state index contributed by atoms with van der Waals surface area (Å²) < 4.78 is 0. The maximum atomic E-state index is 12.1. The number of hydrogen-bond donors (Lipinski definition) is 4. The lowest BCUT2D eigenvalue weighted by atomic mass is 10.0. The topological polar surface area (TPSA) is 108 Å². The van der Waals surface area contributed by atoms with Crippen LogP contribution in [0.5, 0.6) is 0 Å². The van der Waals surface area contributed by atoms with Crippen LogP contribution in [0.25, 0.3) is 0 Å². The molecule has 0 radical (unpaired) electrons. The Balaban J connectivity index is 2.63. The van der Waals surface area contributed by atoms with Gasteiger partial charge in [-0.3, -0.25) is 14.4 Å². The second-order valence-corrected chi connectivity index (χ2v) is 5.91. The van der Waals surface area contributed by atoms with Gasteiger partial charge in [-0.1, -0.05) is 13.8 Å². The zero-order valence-corrected chi connectivity index (χ0v) is 12.8. The molecule has 0 unspecified atom stereocenters. The summed E-state index contributed by atoms with van der Waals surface area (Å²) in [7, 11) is 0. The largest absolute Gasteiger partial charge is 0.480 e. The van der Waals surface area contributed by atoms with Crippen LogP contribution < -0.4 is 16.0 Å². The molecule has 1 saturated heterocycles. The molecule has 0 aromatic heterocycles. The summed E-state index contributed by atoms with van der Waals surface area (Å²) in [5, 5.41) is 17.0. The summed E-state index contributed by atoms with van der Waals surface area (Å²) in [6.45, 7) is 6.09. The fraction of sp³-hybridized carbons (Fsp3) is 0.786. The van der Waals surface area contributed by atoms with E-state index in [1.54, 1.807) is 0 Å². The average molecular weight is 299 g/mol. The number of carbonyl (C=O) groups excluding carboxylic acids is 2. The van der Waals surface area contributed by atoms with Gasteiger partial charge in [0.05, 0.1) is 6.04 Å². The predicted molar refractivity (Wildman–Crippen MR) is 77.7 cm³/mol. The third kappa shape index (κ3) is 5.71. The van der Waals surface area contributed by atoms with Crippen LogP contribution in [0.1, 0.15) is 40.0 Å². The highest BCUT2D eigenvalue weighted by Gasteiger charge is 2.29. The third-order valence-electron chi connectivity index (χ3n) is 3.45. The van der Waals surface area contributed by atoms with Gasteiger partial charge in [-0.2, -0.15) is 0 Å². The Morgan fingerprint density at radius 2 is 1.90 bits per heavy atom. The number of carboxylic acids is 1. The van der Waals surface area contributed by atoms with Crippen molar-refractivity contribution in [2.45, 2.75) is 58.2 Å². The van der Waals surface area contributed by atoms with E-state index in [4.69, 9.17) is 5.11 Å². The number of amides is 2. The van der Waals surface area contributed by atoms with Gasteiger partial charge in [-0.15, -0.1) is 0 Å². The normalized spacial score (nSPS) is 20.9. The standard InChI is InChI=1S/C14H25N3O4/c1-8(2)7-11(13(19)16-9(3)14(20)21)17-12(18)10-5-4-6-15-10/h8-11,15H,4-7H2,1-3H3,(H,16,19)(H,17,18)(H,20,21)/t9-,10+,11-/m1/s1. The molecular weight excluding hydrogens is 274 g/mol. The number of aliphatic carboxylic acids is 1. The first kappa shape index (κ1) is 17.4. The van der Waals surface area contributed by atoms with Gasteiger partial charge in [0, 0.05) is 0 Å². The molecule has 0 spiro atoms. The van der Waals surface area contributed by atoms with Gasteiger partial charge < -0.3 is 21.1 Å². The van der Waals surface area contributed by atoms with Crippen LogP contribution in [-0.2, 0) is 14.4 Å². The Bertz CT molecular complexity index is 392. The van der Waals surface area contributed by atoms with Gasteiger partial charge >= 0.3 is 5.97 Å². The first-order valence-corrected chi connectivity index (χ1v) is 7.38. The SMILES string of the molecule is CC(C)C[C@@H](NC(=O)[C@@H]1CCCN1)C(=O)N[C@H](C)C(=O)O. The smallest absolute Gasteiger partial charge is 0.325 e. The molecule has 0 aromatic rings. The number of nitrogens with one attached hydrogen (secondary N) is 3. The minimum atomic E-state index is -1.10. The van der Waals surface area contributed by atoms with Crippen molar-refractivity contribution in [2.75, 3.05) is 6.54 Å². The molecule has 1 heterocycles. The maximum Gasteiger partial charge on any atom is 0.325 e. The van der Waals surface area contributed by atoms with Crippen LogP contribution in [0.4, 0.5) is 0 Å². The summed E-state index contributed by atoms with van der Waals surface area (Å²) >= 11 is 0. The second kappa shape index (κ2) is 7.97. The highest BCUT2D eigenvalue weighted by molar-refractivity contribution is 5.91. The van der Waals surface area contributed by atoms with Crippen LogP contribution in [0, 0.1) is 5.92 Å². The van der Waals surface area contributed by atoms with Crippen molar-refractivity contribution in [3.05, 3.63) is 0 Å². The Morgan fingerprint density at radius 1 is 1.24 bits per heavy atom. The van der Waals surface area contributed by atoms with E-state index >= 15 is 0 Å². The van der Waals surface area contributed by atoms with E-state index in [2.05, 4.69) is 16.0 Å². The minimum Gasteiger partial charge on any atom is -0.480 e. The molecule has 7 nitrogen and oxygen atoms in total. The Morgan fingerprint density at radius 3 is 2.38 bits per heavy atom. The van der Waals surface area contributed by atoms with Crippen molar-refractivity contribution < 1.29 is 19.5 Å². The van der Waals surface area contributed by atoms with E-state index in [0.29, 0.717) is 6.42 Å². The summed E-state index contributed by atoms with van der Waals surface area (Å²) in [5.41, 5.74) is 0. The molecule has 1 aliphatic heterocycles. The molecule has 2 amide bonds. The Kier molecular flexibility index (Phi) is 6.61. The van der Waals surface area contributed by atoms with Crippen molar-refractivity contribution in [2.24, 2.45) is 5.92 Å². The molecule has 0 aliphatic carbocycles. The molecule has 120 valence electrons. The molecule has 0 bridgehead atoms. The molecule has 4 N–H and O–H groups in total. The first-order chi connectivity index (χ1) is 9.81. The van der Waals surface area contributed by atoms with Crippen LogP contribution >= 0.6 is 0 Å². The second-order valence-electron chi connectivity index (χ2n) is 5.91. The lowest BCUT2D eigenvalue weighted by molar-refractivity contribution is -0.141. The summed E-state index contributed by atoms with van der Waals surface area (Å²) in [5.74, 6) is -1.55. The molecule has 0 aromatic carbocycles. The van der Waals surface area contributed by atoms with Crippen molar-refractivity contribution in [3.63, 3.8) is 0 Å². The fourth-order valence-corrected chi connectivity index (χ4v) is 2.26. The van der Waals surface area contributed by atoms with Gasteiger partial charge in [0.2, 0.25) is 11.8 Å². The maximum absolute atomic E-state index is 12.1. The first-order valence-electron chi connectivity index (χ1n) is 7.38. The van der Waals surface area contributed by atoms with Crippen LogP contribution in [-0.4, -0.2) is 47.6 Å². The van der Waals surface area contributed by atoms with Gasteiger partial charge in [0.25, 0.3) is 0 Å². The Hall–Kier alpha value is -1.63. The molecule has 1 rings (SSSR count). The summed E-state index contributed by atoms with van der Waals surface area (Å²) in [4.78, 5) is 35.0. The summed E-state index contributed by atoms with van der Waals surface area (Å²) in [6, 6.07) is -1.94. The summed E-state index contributed by atoms with van der Waals surface area (Å²) in [6.07, 6.45) is 2.17. The molecule has 3 atom stereocenters. The van der Waals surface area contributed by atoms with Crippen molar-refractivity contribution >= 4 is 17.8 Å². The monoisotopic (exact) mass is 299 g/mol. The van der Waals surface area contributed by atoms with Crippen molar-refractivity contribution in [1.82, 2.24) is 16.0 Å². The van der Waals surface area contributed by atoms with E-state index in [-0.39, 0.29) is 17.9 Å². The van der Waals surface area contributed by atoms with Crippen molar-refractivity contribution in [3.8, 4) is 0 Å². The lowest BCUT2D eigenvalue weighted by Gasteiger charge is -2.23. The van der Waals surface area contributed by atoms with E-state index in [1.807, 2.05) is 13.8 Å². The molecule has 7 heteroatoms. The number of rotatable bonds is 7. The van der Waals surface area contributed by atoms with Gasteiger partial charge in [0.15, 0.2) is 0 Å². The molecule has 0 saturated carbocycles. The van der Waals surface area contributed by atoms with Crippen molar-refractivity contribution in [1.29, 1.82) is 0 Å². The molecule has 21 heavy (non-hydrogen) atoms. The lowest BCUT2D eigenvalue weighted by Crippen LogP contribution is -2.54. The van der Waals surface area contributed by atoms with Gasteiger partial charge in [-0.05, 0) is 38.6 Å². The molecular formula is C14H25N3O4. The average Bonchev–Trinajstić information content (AvgIpc) is 2.90. The Labute approximate surface area is 124 Å². The van der Waals surface area contributed by atoms with E-state index < -0.39 is 24.0 Å². The third-order valence-corrected chi connectivity index (χ3v) is 3.45. The van der Waals surface area contributed by atoms with Gasteiger partial charge in [0.1, 0.15) is 12.1 Å². The van der Waals surface area contributed by atoms with Crippen LogP contribution in [0.3, 0.4) is 0 Å². The van der Waals surface area contributed by atoms with E-state index in [0.717, 1.165) is 19.4 Å². The quantitative estimate of drug-likeness (QED) is 0.523. The van der Waals surface area contributed by atoms with Crippen LogP contribution in [0.15, 0.2) is 0 Å². The minimum absolute atomic E-state index is 0.198. The highest BCUT2D eigenvalue weighted by atomic mass is 16.4. The number of carboxylic acid groups (broad SMARTS) is 1. The molecule has 1 fully saturated rings.